The molecule has 1 amide bonds. The molecule has 0 aromatic carbocycles. The van der Waals surface area contributed by atoms with Crippen LogP contribution in [0.2, 0.25) is 0 Å². The number of nitrogens with zero attached hydrogens (tertiary/aromatic N) is 1. The average Bonchev–Trinajstić information content (AvgIpc) is 2.00. The summed E-state index contributed by atoms with van der Waals surface area (Å²) in [4.78, 5) is 15.0. The molecular formula is C8H17N5OS. The Morgan fingerprint density at radius 3 is 2.33 bits per heavy atom. The second-order valence-corrected chi connectivity index (χ2v) is 4.59. The summed E-state index contributed by atoms with van der Waals surface area (Å²) in [6, 6.07) is 0.0813. The van der Waals surface area contributed by atoms with Crippen LogP contribution in [0.3, 0.4) is 0 Å². The van der Waals surface area contributed by atoms with Gasteiger partial charge in [0.1, 0.15) is 0 Å². The second kappa shape index (κ2) is 6.28. The molecule has 6 nitrogen and oxygen atoms in total. The van der Waals surface area contributed by atoms with E-state index in [-0.39, 0.29) is 28.3 Å². The number of rotatable bonds is 3. The van der Waals surface area contributed by atoms with Crippen molar-refractivity contribution in [3.63, 3.8) is 0 Å². The summed E-state index contributed by atoms with van der Waals surface area (Å²) in [6.45, 7) is 5.44. The molecule has 0 aliphatic carbocycles. The van der Waals surface area contributed by atoms with Gasteiger partial charge in [-0.15, -0.1) is 0 Å². The first-order valence-electron chi connectivity index (χ1n) is 4.48. The summed E-state index contributed by atoms with van der Waals surface area (Å²) in [6.07, 6.45) is 0. The Morgan fingerprint density at radius 2 is 1.93 bits per heavy atom. The number of carbonyl (C=O) groups excluding carboxylic acids is 1. The SMILES string of the molecule is CC(C)NC(=O)C(C)SC(=N)N=C(N)N. The monoisotopic (exact) mass is 231 g/mol. The molecule has 86 valence electrons. The van der Waals surface area contributed by atoms with Crippen molar-refractivity contribution in [1.82, 2.24) is 5.32 Å². The maximum Gasteiger partial charge on any atom is 0.233 e. The molecule has 7 heteroatoms. The number of carbonyl (C=O) groups is 1. The quantitative estimate of drug-likeness (QED) is 0.399. The first-order chi connectivity index (χ1) is 6.82. The van der Waals surface area contributed by atoms with Gasteiger partial charge in [0.2, 0.25) is 5.91 Å². The molecule has 0 radical (unpaired) electrons. The van der Waals surface area contributed by atoms with Gasteiger partial charge in [-0.2, -0.15) is 4.99 Å². The molecule has 0 heterocycles. The molecular weight excluding hydrogens is 214 g/mol. The minimum Gasteiger partial charge on any atom is -0.370 e. The predicted molar refractivity (Wildman–Crippen MR) is 63.9 cm³/mol. The molecule has 0 spiro atoms. The molecule has 0 aliphatic heterocycles. The summed E-state index contributed by atoms with van der Waals surface area (Å²) in [5.74, 6) is -0.311. The number of hydrogen-bond donors (Lipinski definition) is 4. The fourth-order valence-electron chi connectivity index (χ4n) is 0.766. The van der Waals surface area contributed by atoms with Crippen molar-refractivity contribution in [2.45, 2.75) is 32.1 Å². The number of thioether (sulfide) groups is 1. The van der Waals surface area contributed by atoms with Crippen LogP contribution in [0.15, 0.2) is 4.99 Å². The van der Waals surface area contributed by atoms with E-state index in [9.17, 15) is 4.79 Å². The van der Waals surface area contributed by atoms with E-state index in [1.165, 1.54) is 0 Å². The summed E-state index contributed by atoms with van der Waals surface area (Å²) in [5, 5.41) is 9.64. The molecule has 1 atom stereocenters. The summed E-state index contributed by atoms with van der Waals surface area (Å²) in [5.41, 5.74) is 10.2. The average molecular weight is 231 g/mol. The third-order valence-corrected chi connectivity index (χ3v) is 2.20. The molecule has 0 saturated carbocycles. The van der Waals surface area contributed by atoms with E-state index in [0.717, 1.165) is 11.8 Å². The van der Waals surface area contributed by atoms with E-state index in [0.29, 0.717) is 0 Å². The maximum absolute atomic E-state index is 11.4. The summed E-state index contributed by atoms with van der Waals surface area (Å²) >= 11 is 1.00. The number of aliphatic imine (C=N–C) groups is 1. The Balaban J connectivity index is 4.13. The zero-order valence-corrected chi connectivity index (χ0v) is 9.89. The Kier molecular flexibility index (Phi) is 5.76. The third-order valence-electron chi connectivity index (χ3n) is 1.32. The van der Waals surface area contributed by atoms with Gasteiger partial charge in [0.15, 0.2) is 11.1 Å². The highest BCUT2D eigenvalue weighted by molar-refractivity contribution is 8.14. The zero-order chi connectivity index (χ0) is 12.0. The van der Waals surface area contributed by atoms with Gasteiger partial charge in [-0.3, -0.25) is 10.2 Å². The standard InChI is InChI=1S/C8H17N5OS/c1-4(2)12-6(14)5(3)15-8(11)13-7(9)10/h4-5H,1-3H3,(H,12,14)(H5,9,10,11,13). The van der Waals surface area contributed by atoms with Crippen LogP contribution in [-0.2, 0) is 4.79 Å². The van der Waals surface area contributed by atoms with Crippen LogP contribution < -0.4 is 16.8 Å². The van der Waals surface area contributed by atoms with E-state index >= 15 is 0 Å². The molecule has 1 unspecified atom stereocenters. The number of nitrogens with one attached hydrogen (secondary N) is 2. The summed E-state index contributed by atoms with van der Waals surface area (Å²) in [7, 11) is 0. The number of amides is 1. The van der Waals surface area contributed by atoms with E-state index < -0.39 is 0 Å². The van der Waals surface area contributed by atoms with E-state index in [4.69, 9.17) is 16.9 Å². The third kappa shape index (κ3) is 6.78. The van der Waals surface area contributed by atoms with Crippen molar-refractivity contribution in [3.05, 3.63) is 0 Å². The molecule has 15 heavy (non-hydrogen) atoms. The molecule has 0 bridgehead atoms. The predicted octanol–water partition coefficient (Wildman–Crippen LogP) is -0.159. The Morgan fingerprint density at radius 1 is 1.40 bits per heavy atom. The highest BCUT2D eigenvalue weighted by Crippen LogP contribution is 2.12. The van der Waals surface area contributed by atoms with E-state index in [2.05, 4.69) is 10.3 Å². The zero-order valence-electron chi connectivity index (χ0n) is 9.07. The number of amidine groups is 1. The first kappa shape index (κ1) is 13.8. The van der Waals surface area contributed by atoms with Crippen molar-refractivity contribution in [2.75, 3.05) is 0 Å². The highest BCUT2D eigenvalue weighted by atomic mass is 32.2. The molecule has 0 aliphatic rings. The van der Waals surface area contributed by atoms with Crippen LogP contribution in [0.4, 0.5) is 0 Å². The fraction of sp³-hybridized carbons (Fsp3) is 0.625. The van der Waals surface area contributed by atoms with E-state index in [1.807, 2.05) is 13.8 Å². The molecule has 0 rings (SSSR count). The first-order valence-corrected chi connectivity index (χ1v) is 5.36. The van der Waals surface area contributed by atoms with Gasteiger partial charge in [0, 0.05) is 6.04 Å². The molecule has 0 aromatic rings. The lowest BCUT2D eigenvalue weighted by molar-refractivity contribution is -0.120. The molecule has 0 saturated heterocycles. The second-order valence-electron chi connectivity index (χ2n) is 3.27. The Bertz CT molecular complexity index is 272. The van der Waals surface area contributed by atoms with Crippen LogP contribution >= 0.6 is 11.8 Å². The van der Waals surface area contributed by atoms with E-state index in [1.54, 1.807) is 6.92 Å². The maximum atomic E-state index is 11.4. The number of hydrogen-bond acceptors (Lipinski definition) is 3. The number of guanidine groups is 1. The Labute approximate surface area is 93.4 Å². The van der Waals surface area contributed by atoms with Gasteiger partial charge in [-0.1, -0.05) is 11.8 Å². The summed E-state index contributed by atoms with van der Waals surface area (Å²) < 4.78 is 0. The van der Waals surface area contributed by atoms with Gasteiger partial charge < -0.3 is 16.8 Å². The topological polar surface area (TPSA) is 117 Å². The lowest BCUT2D eigenvalue weighted by Crippen LogP contribution is -2.36. The lowest BCUT2D eigenvalue weighted by atomic mass is 10.3. The molecule has 0 aromatic heterocycles. The van der Waals surface area contributed by atoms with Crippen LogP contribution in [0.25, 0.3) is 0 Å². The minimum absolute atomic E-state index is 0.0681. The van der Waals surface area contributed by atoms with Gasteiger partial charge in [-0.05, 0) is 20.8 Å². The van der Waals surface area contributed by atoms with Crippen molar-refractivity contribution in [1.29, 1.82) is 5.41 Å². The van der Waals surface area contributed by atoms with Gasteiger partial charge in [-0.25, -0.2) is 0 Å². The lowest BCUT2D eigenvalue weighted by Gasteiger charge is -2.13. The van der Waals surface area contributed by atoms with Gasteiger partial charge in [0.25, 0.3) is 0 Å². The van der Waals surface area contributed by atoms with Crippen molar-refractivity contribution >= 4 is 28.8 Å². The highest BCUT2D eigenvalue weighted by Gasteiger charge is 2.16. The fourth-order valence-corrected chi connectivity index (χ4v) is 1.43. The smallest absolute Gasteiger partial charge is 0.233 e. The minimum atomic E-state index is -0.386. The molecule has 6 N–H and O–H groups in total. The Hall–Kier alpha value is -1.24. The largest absolute Gasteiger partial charge is 0.370 e. The van der Waals surface area contributed by atoms with Crippen LogP contribution in [0.1, 0.15) is 20.8 Å². The van der Waals surface area contributed by atoms with Crippen molar-refractivity contribution in [2.24, 2.45) is 16.5 Å². The van der Waals surface area contributed by atoms with Crippen molar-refractivity contribution < 1.29 is 4.79 Å². The van der Waals surface area contributed by atoms with Crippen LogP contribution in [-0.4, -0.2) is 28.3 Å². The van der Waals surface area contributed by atoms with Crippen molar-refractivity contribution in [3.8, 4) is 0 Å². The molecule has 0 fully saturated rings. The normalized spacial score (nSPS) is 12.0. The van der Waals surface area contributed by atoms with Gasteiger partial charge in [0.05, 0.1) is 5.25 Å². The number of nitrogens with two attached hydrogens (primary N) is 2. The van der Waals surface area contributed by atoms with Crippen LogP contribution in [0, 0.1) is 5.41 Å². The van der Waals surface area contributed by atoms with Crippen LogP contribution in [0.5, 0.6) is 0 Å². The van der Waals surface area contributed by atoms with Gasteiger partial charge >= 0.3 is 0 Å².